The molecule has 1 amide bonds. The van der Waals surface area contributed by atoms with Crippen LogP contribution in [0.15, 0.2) is 56.6 Å². The van der Waals surface area contributed by atoms with E-state index < -0.39 is 27.5 Å². The number of benzene rings is 2. The lowest BCUT2D eigenvalue weighted by Crippen LogP contribution is -2.30. The van der Waals surface area contributed by atoms with Gasteiger partial charge in [0.15, 0.2) is 21.1 Å². The van der Waals surface area contributed by atoms with Crippen molar-refractivity contribution in [2.24, 2.45) is 0 Å². The number of rotatable bonds is 5. The summed E-state index contributed by atoms with van der Waals surface area (Å²) in [5.41, 5.74) is 1.30. The predicted octanol–water partition coefficient (Wildman–Crippen LogP) is 3.52. The highest BCUT2D eigenvalue weighted by Gasteiger charge is 2.18. The third-order valence-electron chi connectivity index (χ3n) is 4.62. The van der Waals surface area contributed by atoms with E-state index in [-0.39, 0.29) is 4.90 Å². The fourth-order valence-electron chi connectivity index (χ4n) is 3.03. The SMILES string of the molecule is Cc1cc(=O)oc2cc(OC(C)C(=O)Nc3nc4ccc(S(C)(=O)=O)cc4s3)ccc12. The van der Waals surface area contributed by atoms with E-state index in [0.717, 1.165) is 17.2 Å². The molecule has 0 bridgehead atoms. The Balaban J connectivity index is 1.51. The van der Waals surface area contributed by atoms with Crippen molar-refractivity contribution in [1.82, 2.24) is 4.98 Å². The number of amides is 1. The molecular formula is C21H18N2O6S2. The Kier molecular flexibility index (Phi) is 5.28. The fourth-order valence-corrected chi connectivity index (χ4v) is 4.66. The van der Waals surface area contributed by atoms with E-state index in [4.69, 9.17) is 9.15 Å². The highest BCUT2D eigenvalue weighted by atomic mass is 32.2. The zero-order chi connectivity index (χ0) is 22.3. The molecule has 1 atom stereocenters. The Morgan fingerprint density at radius 1 is 1.19 bits per heavy atom. The number of aryl methyl sites for hydroxylation is 1. The Bertz CT molecular complexity index is 1490. The van der Waals surface area contributed by atoms with Crippen molar-refractivity contribution >= 4 is 53.4 Å². The molecule has 1 unspecified atom stereocenters. The van der Waals surface area contributed by atoms with E-state index in [2.05, 4.69) is 10.3 Å². The molecule has 2 aromatic carbocycles. The molecule has 0 fully saturated rings. The van der Waals surface area contributed by atoms with Crippen LogP contribution < -0.4 is 15.7 Å². The second-order valence-electron chi connectivity index (χ2n) is 7.08. The molecule has 160 valence electrons. The Morgan fingerprint density at radius 3 is 2.71 bits per heavy atom. The van der Waals surface area contributed by atoms with Gasteiger partial charge >= 0.3 is 5.63 Å². The fraction of sp³-hybridized carbons (Fsp3) is 0.190. The van der Waals surface area contributed by atoms with Crippen molar-refractivity contribution in [2.75, 3.05) is 11.6 Å². The molecule has 0 aliphatic heterocycles. The number of aromatic nitrogens is 1. The maximum absolute atomic E-state index is 12.6. The number of thiazole rings is 1. The van der Waals surface area contributed by atoms with E-state index >= 15 is 0 Å². The summed E-state index contributed by atoms with van der Waals surface area (Å²) in [5, 5.41) is 3.80. The molecule has 0 aliphatic carbocycles. The van der Waals surface area contributed by atoms with Gasteiger partial charge in [-0.2, -0.15) is 0 Å². The van der Waals surface area contributed by atoms with Crippen LogP contribution >= 0.6 is 11.3 Å². The molecular weight excluding hydrogens is 440 g/mol. The number of sulfone groups is 1. The Morgan fingerprint density at radius 2 is 1.97 bits per heavy atom. The number of fused-ring (bicyclic) bond motifs is 2. The third kappa shape index (κ3) is 4.44. The van der Waals surface area contributed by atoms with Gasteiger partial charge in [-0.05, 0) is 49.7 Å². The van der Waals surface area contributed by atoms with E-state index in [1.807, 2.05) is 6.92 Å². The first-order valence-electron chi connectivity index (χ1n) is 9.23. The first-order valence-corrected chi connectivity index (χ1v) is 11.9. The molecule has 0 aliphatic rings. The smallest absolute Gasteiger partial charge is 0.336 e. The second kappa shape index (κ2) is 7.78. The van der Waals surface area contributed by atoms with Crippen LogP contribution in [-0.4, -0.2) is 31.7 Å². The van der Waals surface area contributed by atoms with Crippen molar-refractivity contribution < 1.29 is 22.4 Å². The lowest BCUT2D eigenvalue weighted by Gasteiger charge is -2.14. The quantitative estimate of drug-likeness (QED) is 0.455. The van der Waals surface area contributed by atoms with Gasteiger partial charge in [-0.1, -0.05) is 11.3 Å². The minimum absolute atomic E-state index is 0.191. The van der Waals surface area contributed by atoms with Crippen LogP contribution in [0.5, 0.6) is 5.75 Å². The first kappa shape index (κ1) is 21.0. The topological polar surface area (TPSA) is 116 Å². The second-order valence-corrected chi connectivity index (χ2v) is 10.1. The maximum atomic E-state index is 12.6. The molecule has 4 aromatic rings. The lowest BCUT2D eigenvalue weighted by atomic mass is 10.1. The van der Waals surface area contributed by atoms with Crippen LogP contribution in [0.3, 0.4) is 0 Å². The molecule has 0 saturated carbocycles. The van der Waals surface area contributed by atoms with E-state index in [0.29, 0.717) is 26.7 Å². The van der Waals surface area contributed by atoms with Gasteiger partial charge in [0, 0.05) is 23.8 Å². The number of hydrogen-bond acceptors (Lipinski definition) is 8. The maximum Gasteiger partial charge on any atom is 0.336 e. The van der Waals surface area contributed by atoms with Crippen LogP contribution in [0.25, 0.3) is 21.2 Å². The lowest BCUT2D eigenvalue weighted by molar-refractivity contribution is -0.122. The summed E-state index contributed by atoms with van der Waals surface area (Å²) < 4.78 is 35.0. The van der Waals surface area contributed by atoms with Crippen LogP contribution in [0.4, 0.5) is 5.13 Å². The molecule has 2 aromatic heterocycles. The van der Waals surface area contributed by atoms with Gasteiger partial charge in [0.25, 0.3) is 5.91 Å². The van der Waals surface area contributed by atoms with Crippen LogP contribution in [0, 0.1) is 6.92 Å². The summed E-state index contributed by atoms with van der Waals surface area (Å²) in [5.74, 6) is -0.0424. The van der Waals surface area contributed by atoms with Crippen molar-refractivity contribution in [3.05, 3.63) is 58.4 Å². The van der Waals surface area contributed by atoms with Crippen LogP contribution in [0.2, 0.25) is 0 Å². The largest absolute Gasteiger partial charge is 0.481 e. The Hall–Kier alpha value is -3.24. The van der Waals surface area contributed by atoms with Gasteiger partial charge in [-0.15, -0.1) is 0 Å². The van der Waals surface area contributed by atoms with E-state index in [9.17, 15) is 18.0 Å². The average Bonchev–Trinajstić information content (AvgIpc) is 3.08. The van der Waals surface area contributed by atoms with E-state index in [1.54, 1.807) is 31.2 Å². The summed E-state index contributed by atoms with van der Waals surface area (Å²) in [6, 6.07) is 11.1. The van der Waals surface area contributed by atoms with Crippen LogP contribution in [-0.2, 0) is 14.6 Å². The molecule has 4 rings (SSSR count). The summed E-state index contributed by atoms with van der Waals surface area (Å²) in [6.07, 6.45) is 0.281. The number of nitrogens with zero attached hydrogens (tertiary/aromatic N) is 1. The molecule has 0 radical (unpaired) electrons. The summed E-state index contributed by atoms with van der Waals surface area (Å²) in [4.78, 5) is 28.6. The van der Waals surface area contributed by atoms with Crippen molar-refractivity contribution in [1.29, 1.82) is 0 Å². The number of anilines is 1. The average molecular weight is 459 g/mol. The minimum atomic E-state index is -3.33. The summed E-state index contributed by atoms with van der Waals surface area (Å²) >= 11 is 1.17. The molecule has 31 heavy (non-hydrogen) atoms. The van der Waals surface area contributed by atoms with Gasteiger partial charge in [-0.25, -0.2) is 18.2 Å². The highest BCUT2D eigenvalue weighted by Crippen LogP contribution is 2.28. The number of ether oxygens (including phenoxy) is 1. The molecule has 0 saturated heterocycles. The molecule has 2 heterocycles. The molecule has 0 spiro atoms. The number of hydrogen-bond donors (Lipinski definition) is 1. The zero-order valence-corrected chi connectivity index (χ0v) is 18.5. The van der Waals surface area contributed by atoms with Crippen molar-refractivity contribution in [2.45, 2.75) is 24.8 Å². The Labute approximate surface area is 181 Å². The van der Waals surface area contributed by atoms with Gasteiger partial charge in [0.05, 0.1) is 15.1 Å². The number of carbonyl (C=O) groups excluding carboxylic acids is 1. The van der Waals surface area contributed by atoms with Gasteiger partial charge in [0.1, 0.15) is 11.3 Å². The molecule has 10 heteroatoms. The minimum Gasteiger partial charge on any atom is -0.481 e. The first-order chi connectivity index (χ1) is 14.6. The van der Waals surface area contributed by atoms with Crippen LogP contribution in [0.1, 0.15) is 12.5 Å². The molecule has 1 N–H and O–H groups in total. The van der Waals surface area contributed by atoms with Crippen molar-refractivity contribution in [3.63, 3.8) is 0 Å². The summed E-state index contributed by atoms with van der Waals surface area (Å²) in [6.45, 7) is 3.40. The van der Waals surface area contributed by atoms with E-state index in [1.165, 1.54) is 29.5 Å². The van der Waals surface area contributed by atoms with Crippen molar-refractivity contribution in [3.8, 4) is 5.75 Å². The predicted molar refractivity (Wildman–Crippen MR) is 119 cm³/mol. The zero-order valence-electron chi connectivity index (χ0n) is 16.8. The summed E-state index contributed by atoms with van der Waals surface area (Å²) in [7, 11) is -3.33. The highest BCUT2D eigenvalue weighted by molar-refractivity contribution is 7.90. The van der Waals surface area contributed by atoms with Gasteiger partial charge < -0.3 is 9.15 Å². The normalized spacial score (nSPS) is 12.7. The number of nitrogens with one attached hydrogen (secondary N) is 1. The third-order valence-corrected chi connectivity index (χ3v) is 6.67. The van der Waals surface area contributed by atoms with Gasteiger partial charge in [-0.3, -0.25) is 10.1 Å². The standard InChI is InChI=1S/C21H18N2O6S2/c1-11-8-19(24)29-17-9-13(4-6-15(11)17)28-12(2)20(25)23-21-22-16-7-5-14(31(3,26)27)10-18(16)30-21/h4-10,12H,1-3H3,(H,22,23,25). The monoisotopic (exact) mass is 458 g/mol. The number of carbonyl (C=O) groups is 1. The molecule has 8 nitrogen and oxygen atoms in total. The van der Waals surface area contributed by atoms with Gasteiger partial charge in [0.2, 0.25) is 0 Å².